The molecular weight excluding hydrogens is 246 g/mol. The molecule has 0 heterocycles. The zero-order chi connectivity index (χ0) is 13.4. The Kier molecular flexibility index (Phi) is 6.83. The van der Waals surface area contributed by atoms with Crippen LogP contribution >= 0.6 is 11.8 Å². The molecule has 18 heavy (non-hydrogen) atoms. The predicted molar refractivity (Wildman–Crippen MR) is 75.6 cm³/mol. The van der Waals surface area contributed by atoms with Crippen LogP contribution < -0.4 is 5.32 Å². The quantitative estimate of drug-likeness (QED) is 0.747. The fraction of sp³-hybridized carbons (Fsp3) is 0.500. The summed E-state index contributed by atoms with van der Waals surface area (Å²) in [6.07, 6.45) is 1.94. The molecule has 0 bridgehead atoms. The molecule has 0 fully saturated rings. The summed E-state index contributed by atoms with van der Waals surface area (Å²) < 4.78 is 0. The highest BCUT2D eigenvalue weighted by atomic mass is 32.2. The van der Waals surface area contributed by atoms with Gasteiger partial charge in [-0.15, -0.1) is 11.8 Å². The molecule has 0 aliphatic heterocycles. The first-order valence-electron chi connectivity index (χ1n) is 6.31. The van der Waals surface area contributed by atoms with Crippen molar-refractivity contribution in [3.63, 3.8) is 0 Å². The van der Waals surface area contributed by atoms with Crippen LogP contribution in [0.4, 0.5) is 0 Å². The number of aliphatic hydroxyl groups is 1. The van der Waals surface area contributed by atoms with Crippen LogP contribution in [0.1, 0.15) is 32.3 Å². The van der Waals surface area contributed by atoms with E-state index < -0.39 is 0 Å². The highest BCUT2D eigenvalue weighted by Gasteiger charge is 2.08. The minimum Gasteiger partial charge on any atom is -0.392 e. The van der Waals surface area contributed by atoms with E-state index in [9.17, 15) is 4.79 Å². The van der Waals surface area contributed by atoms with Crippen molar-refractivity contribution in [2.75, 3.05) is 5.75 Å². The molecule has 0 saturated carbocycles. The molecule has 1 aromatic carbocycles. The minimum absolute atomic E-state index is 0.0557. The molecule has 2 N–H and O–H groups in total. The molecule has 0 unspecified atom stereocenters. The zero-order valence-corrected chi connectivity index (χ0v) is 11.8. The summed E-state index contributed by atoms with van der Waals surface area (Å²) in [6, 6.07) is 7.90. The van der Waals surface area contributed by atoms with Gasteiger partial charge >= 0.3 is 0 Å². The van der Waals surface area contributed by atoms with E-state index in [1.807, 2.05) is 24.3 Å². The average molecular weight is 267 g/mol. The standard InChI is InChI=1S/C14H21NO2S/c1-3-12(4-2)15-14(17)10-18-13-7-5-11(9-16)6-8-13/h5-8,12,16H,3-4,9-10H2,1-2H3,(H,15,17). The molecule has 0 aliphatic rings. The van der Waals surface area contributed by atoms with Crippen LogP contribution in [0.2, 0.25) is 0 Å². The van der Waals surface area contributed by atoms with Gasteiger partial charge in [0.1, 0.15) is 0 Å². The fourth-order valence-electron chi connectivity index (χ4n) is 1.60. The van der Waals surface area contributed by atoms with Crippen LogP contribution in [-0.2, 0) is 11.4 Å². The summed E-state index contributed by atoms with van der Waals surface area (Å²) >= 11 is 1.52. The van der Waals surface area contributed by atoms with Crippen molar-refractivity contribution in [1.29, 1.82) is 0 Å². The van der Waals surface area contributed by atoms with E-state index in [0.717, 1.165) is 23.3 Å². The van der Waals surface area contributed by atoms with Crippen LogP contribution in [0.5, 0.6) is 0 Å². The molecule has 0 aromatic heterocycles. The maximum Gasteiger partial charge on any atom is 0.230 e. The number of hydrogen-bond acceptors (Lipinski definition) is 3. The summed E-state index contributed by atoms with van der Waals surface area (Å²) in [4.78, 5) is 12.7. The Hall–Kier alpha value is -1.00. The van der Waals surface area contributed by atoms with Gasteiger partial charge in [-0.2, -0.15) is 0 Å². The first-order valence-corrected chi connectivity index (χ1v) is 7.30. The monoisotopic (exact) mass is 267 g/mol. The number of rotatable bonds is 7. The van der Waals surface area contributed by atoms with E-state index in [0.29, 0.717) is 5.75 Å². The maximum absolute atomic E-state index is 11.7. The Morgan fingerprint density at radius 3 is 2.39 bits per heavy atom. The Balaban J connectivity index is 2.37. The smallest absolute Gasteiger partial charge is 0.230 e. The molecule has 0 radical (unpaired) electrons. The Morgan fingerprint density at radius 1 is 1.28 bits per heavy atom. The van der Waals surface area contributed by atoms with Gasteiger partial charge < -0.3 is 10.4 Å². The lowest BCUT2D eigenvalue weighted by atomic mass is 10.2. The number of nitrogens with one attached hydrogen (secondary N) is 1. The van der Waals surface area contributed by atoms with Crippen molar-refractivity contribution in [1.82, 2.24) is 5.32 Å². The van der Waals surface area contributed by atoms with Crippen LogP contribution in [0, 0.1) is 0 Å². The number of carbonyl (C=O) groups is 1. The Morgan fingerprint density at radius 2 is 1.89 bits per heavy atom. The van der Waals surface area contributed by atoms with Gasteiger partial charge in [-0.25, -0.2) is 0 Å². The lowest BCUT2D eigenvalue weighted by molar-refractivity contribution is -0.119. The van der Waals surface area contributed by atoms with Gasteiger partial charge in [0.25, 0.3) is 0 Å². The number of thioether (sulfide) groups is 1. The van der Waals surface area contributed by atoms with Gasteiger partial charge in [-0.05, 0) is 30.5 Å². The maximum atomic E-state index is 11.7. The second-order valence-corrected chi connectivity index (χ2v) is 5.22. The molecule has 0 spiro atoms. The van der Waals surface area contributed by atoms with E-state index in [-0.39, 0.29) is 18.6 Å². The van der Waals surface area contributed by atoms with E-state index >= 15 is 0 Å². The summed E-state index contributed by atoms with van der Waals surface area (Å²) in [5, 5.41) is 11.9. The molecule has 0 saturated heterocycles. The molecule has 0 aliphatic carbocycles. The second-order valence-electron chi connectivity index (χ2n) is 4.17. The summed E-state index contributed by atoms with van der Waals surface area (Å²) in [7, 11) is 0. The van der Waals surface area contributed by atoms with E-state index in [1.165, 1.54) is 11.8 Å². The number of hydrogen-bond donors (Lipinski definition) is 2. The molecule has 100 valence electrons. The predicted octanol–water partition coefficient (Wildman–Crippen LogP) is 2.58. The first kappa shape index (κ1) is 15.1. The SMILES string of the molecule is CCC(CC)NC(=O)CSc1ccc(CO)cc1. The molecule has 0 atom stereocenters. The van der Waals surface area contributed by atoms with E-state index in [1.54, 1.807) is 0 Å². The minimum atomic E-state index is 0.0557. The van der Waals surface area contributed by atoms with E-state index in [4.69, 9.17) is 5.11 Å². The normalized spacial score (nSPS) is 10.7. The third-order valence-electron chi connectivity index (χ3n) is 2.83. The first-order chi connectivity index (χ1) is 8.69. The average Bonchev–Trinajstić information content (AvgIpc) is 2.43. The van der Waals surface area contributed by atoms with Crippen LogP contribution in [0.15, 0.2) is 29.2 Å². The van der Waals surface area contributed by atoms with Crippen LogP contribution in [0.25, 0.3) is 0 Å². The molecular formula is C14H21NO2S. The lowest BCUT2D eigenvalue weighted by Crippen LogP contribution is -2.34. The lowest BCUT2D eigenvalue weighted by Gasteiger charge is -2.14. The van der Waals surface area contributed by atoms with Crippen molar-refractivity contribution in [3.05, 3.63) is 29.8 Å². The van der Waals surface area contributed by atoms with Crippen LogP contribution in [-0.4, -0.2) is 22.8 Å². The Bertz CT molecular complexity index is 361. The highest BCUT2D eigenvalue weighted by Crippen LogP contribution is 2.18. The fourth-order valence-corrected chi connectivity index (χ4v) is 2.31. The summed E-state index contributed by atoms with van der Waals surface area (Å²) in [5.41, 5.74) is 0.890. The van der Waals surface area contributed by atoms with E-state index in [2.05, 4.69) is 19.2 Å². The van der Waals surface area contributed by atoms with Gasteiger partial charge in [0.05, 0.1) is 12.4 Å². The van der Waals surface area contributed by atoms with Gasteiger partial charge in [0.2, 0.25) is 5.91 Å². The topological polar surface area (TPSA) is 49.3 Å². The van der Waals surface area contributed by atoms with Crippen molar-refractivity contribution >= 4 is 17.7 Å². The van der Waals surface area contributed by atoms with Gasteiger partial charge in [0.15, 0.2) is 0 Å². The number of amides is 1. The summed E-state index contributed by atoms with van der Waals surface area (Å²) in [5.74, 6) is 0.523. The molecule has 1 aromatic rings. The number of aliphatic hydroxyl groups excluding tert-OH is 1. The van der Waals surface area contributed by atoms with Crippen molar-refractivity contribution in [2.24, 2.45) is 0 Å². The molecule has 4 heteroatoms. The number of benzene rings is 1. The zero-order valence-electron chi connectivity index (χ0n) is 11.0. The number of carbonyl (C=O) groups excluding carboxylic acids is 1. The van der Waals surface area contributed by atoms with Crippen molar-refractivity contribution < 1.29 is 9.90 Å². The van der Waals surface area contributed by atoms with Gasteiger partial charge in [-0.3, -0.25) is 4.79 Å². The largest absolute Gasteiger partial charge is 0.392 e. The third-order valence-corrected chi connectivity index (χ3v) is 3.84. The third kappa shape index (κ3) is 5.10. The van der Waals surface area contributed by atoms with Crippen molar-refractivity contribution in [3.8, 4) is 0 Å². The highest BCUT2D eigenvalue weighted by molar-refractivity contribution is 8.00. The molecule has 3 nitrogen and oxygen atoms in total. The molecule has 1 rings (SSSR count). The molecule has 1 amide bonds. The van der Waals surface area contributed by atoms with Gasteiger partial charge in [-0.1, -0.05) is 26.0 Å². The Labute approximate surface area is 113 Å². The summed E-state index contributed by atoms with van der Waals surface area (Å²) in [6.45, 7) is 4.21. The van der Waals surface area contributed by atoms with Gasteiger partial charge in [0, 0.05) is 10.9 Å². The van der Waals surface area contributed by atoms with Crippen molar-refractivity contribution in [2.45, 2.75) is 44.2 Å². The van der Waals surface area contributed by atoms with Crippen LogP contribution in [0.3, 0.4) is 0 Å². The second kappa shape index (κ2) is 8.16.